The molecule has 5 rings (SSSR count). The first-order valence-corrected chi connectivity index (χ1v) is 15.9. The van der Waals surface area contributed by atoms with E-state index in [0.717, 1.165) is 10.3 Å². The van der Waals surface area contributed by atoms with Gasteiger partial charge in [0.25, 0.3) is 5.91 Å². The lowest BCUT2D eigenvalue weighted by Gasteiger charge is -2.33. The van der Waals surface area contributed by atoms with E-state index in [-0.39, 0.29) is 50.1 Å². The Morgan fingerprint density at radius 3 is 2.19 bits per heavy atom. The van der Waals surface area contributed by atoms with E-state index in [4.69, 9.17) is 19.2 Å². The second-order valence-corrected chi connectivity index (χ2v) is 12.6. The molecule has 0 radical (unpaired) electrons. The quantitative estimate of drug-likeness (QED) is 0.265. The third-order valence-electron chi connectivity index (χ3n) is 7.06. The number of hydrogen-bond acceptors (Lipinski definition) is 9. The van der Waals surface area contributed by atoms with Crippen molar-refractivity contribution in [2.24, 2.45) is 0 Å². The molecule has 0 N–H and O–H groups in total. The van der Waals surface area contributed by atoms with Crippen molar-refractivity contribution in [1.82, 2.24) is 14.2 Å². The van der Waals surface area contributed by atoms with E-state index in [2.05, 4.69) is 0 Å². The van der Waals surface area contributed by atoms with Crippen molar-refractivity contribution in [3.8, 4) is 11.5 Å². The molecule has 2 amide bonds. The van der Waals surface area contributed by atoms with Crippen molar-refractivity contribution in [3.63, 3.8) is 0 Å². The number of anilines is 1. The summed E-state index contributed by atoms with van der Waals surface area (Å²) in [4.78, 5) is 33.9. The van der Waals surface area contributed by atoms with Crippen molar-refractivity contribution >= 4 is 48.7 Å². The lowest BCUT2D eigenvalue weighted by atomic mass is 10.1. The molecular weight excluding hydrogens is 592 g/mol. The molecular formula is C30H32N4O7S2. The van der Waals surface area contributed by atoms with Crippen LogP contribution in [0.25, 0.3) is 10.2 Å². The average molecular weight is 625 g/mol. The van der Waals surface area contributed by atoms with Gasteiger partial charge in [-0.05, 0) is 48.9 Å². The molecule has 1 aliphatic rings. The Balaban J connectivity index is 1.42. The van der Waals surface area contributed by atoms with E-state index < -0.39 is 16.1 Å². The molecule has 0 aliphatic carbocycles. The van der Waals surface area contributed by atoms with Crippen LogP contribution in [-0.4, -0.2) is 81.6 Å². The number of sulfonamides is 1. The summed E-state index contributed by atoms with van der Waals surface area (Å²) in [6.07, 6.45) is -0.451. The molecule has 43 heavy (non-hydrogen) atoms. The summed E-state index contributed by atoms with van der Waals surface area (Å²) in [7, 11) is -0.697. The van der Waals surface area contributed by atoms with Gasteiger partial charge in [-0.25, -0.2) is 18.2 Å². The minimum atomic E-state index is -3.83. The molecule has 13 heteroatoms. The van der Waals surface area contributed by atoms with Crippen LogP contribution in [-0.2, 0) is 21.3 Å². The van der Waals surface area contributed by atoms with Crippen molar-refractivity contribution in [2.75, 3.05) is 51.9 Å². The standard InChI is InChI=1S/C30H32N4O7S2/c1-4-41-30(36)32-16-18-33(19-17-32)43(37,38)23-12-10-22(11-13-23)28(35)34(20-21-8-6-5-7-9-21)29-31-26-24(39-2)14-15-25(40-3)27(26)42-29/h5-15H,4,16-20H2,1-3H3. The highest BCUT2D eigenvalue weighted by Crippen LogP contribution is 2.40. The molecule has 226 valence electrons. The number of thiazole rings is 1. The van der Waals surface area contributed by atoms with E-state index >= 15 is 0 Å². The fraction of sp³-hybridized carbons (Fsp3) is 0.300. The third-order valence-corrected chi connectivity index (χ3v) is 10.1. The molecule has 1 aromatic heterocycles. The molecule has 1 aliphatic heterocycles. The highest BCUT2D eigenvalue weighted by atomic mass is 32.2. The minimum absolute atomic E-state index is 0.0673. The number of aromatic nitrogens is 1. The number of nitrogens with zero attached hydrogens (tertiary/aromatic N) is 4. The van der Waals surface area contributed by atoms with Crippen LogP contribution in [0.2, 0.25) is 0 Å². The predicted octanol–water partition coefficient (Wildman–Crippen LogP) is 4.62. The number of ether oxygens (including phenoxy) is 3. The van der Waals surface area contributed by atoms with E-state index in [9.17, 15) is 18.0 Å². The first-order valence-electron chi connectivity index (χ1n) is 13.7. The molecule has 0 spiro atoms. The summed E-state index contributed by atoms with van der Waals surface area (Å²) in [5, 5.41) is 0.447. The second-order valence-electron chi connectivity index (χ2n) is 9.64. The first-order chi connectivity index (χ1) is 20.8. The number of methoxy groups -OCH3 is 2. The maximum Gasteiger partial charge on any atom is 0.409 e. The lowest BCUT2D eigenvalue weighted by Crippen LogP contribution is -2.50. The molecule has 3 aromatic carbocycles. The number of fused-ring (bicyclic) bond motifs is 1. The van der Waals surface area contributed by atoms with Gasteiger partial charge in [0.2, 0.25) is 10.0 Å². The van der Waals surface area contributed by atoms with Crippen molar-refractivity contribution in [1.29, 1.82) is 0 Å². The fourth-order valence-corrected chi connectivity index (χ4v) is 7.28. The largest absolute Gasteiger partial charge is 0.495 e. The molecule has 1 saturated heterocycles. The molecule has 0 saturated carbocycles. The van der Waals surface area contributed by atoms with Crippen molar-refractivity contribution in [2.45, 2.75) is 18.4 Å². The Bertz CT molecular complexity index is 1660. The smallest absolute Gasteiger partial charge is 0.409 e. The number of benzene rings is 3. The van der Waals surface area contributed by atoms with Crippen LogP contribution in [0.3, 0.4) is 0 Å². The topological polar surface area (TPSA) is 119 Å². The summed E-state index contributed by atoms with van der Waals surface area (Å²) in [5.41, 5.74) is 1.78. The van der Waals surface area contributed by atoms with Crippen LogP contribution in [0.5, 0.6) is 11.5 Å². The van der Waals surface area contributed by atoms with Crippen molar-refractivity contribution in [3.05, 3.63) is 77.9 Å². The zero-order chi connectivity index (χ0) is 30.6. The Hall–Kier alpha value is -4.20. The minimum Gasteiger partial charge on any atom is -0.495 e. The van der Waals surface area contributed by atoms with Gasteiger partial charge in [-0.1, -0.05) is 41.7 Å². The van der Waals surface area contributed by atoms with Gasteiger partial charge in [-0.2, -0.15) is 4.31 Å². The Kier molecular flexibility index (Phi) is 9.14. The summed E-state index contributed by atoms with van der Waals surface area (Å²) in [6, 6.07) is 19.0. The van der Waals surface area contributed by atoms with Gasteiger partial charge >= 0.3 is 6.09 Å². The predicted molar refractivity (Wildman–Crippen MR) is 163 cm³/mol. The Morgan fingerprint density at radius 1 is 0.907 bits per heavy atom. The monoisotopic (exact) mass is 624 g/mol. The zero-order valence-corrected chi connectivity index (χ0v) is 25.7. The number of carbonyl (C=O) groups is 2. The van der Waals surface area contributed by atoms with Gasteiger partial charge < -0.3 is 19.1 Å². The van der Waals surface area contributed by atoms with Gasteiger partial charge in [0.15, 0.2) is 5.13 Å². The molecule has 0 unspecified atom stereocenters. The molecule has 4 aromatic rings. The average Bonchev–Trinajstić information content (AvgIpc) is 3.49. The van der Waals surface area contributed by atoms with Crippen LogP contribution < -0.4 is 14.4 Å². The van der Waals surface area contributed by atoms with Crippen molar-refractivity contribution < 1.29 is 32.2 Å². The molecule has 2 heterocycles. The molecule has 1 fully saturated rings. The maximum absolute atomic E-state index is 14.0. The summed E-state index contributed by atoms with van der Waals surface area (Å²) in [5.74, 6) is 0.834. The number of piperazine rings is 1. The zero-order valence-electron chi connectivity index (χ0n) is 24.1. The van der Waals surface area contributed by atoms with Gasteiger partial charge in [0.05, 0.1) is 32.3 Å². The lowest BCUT2D eigenvalue weighted by molar-refractivity contribution is 0.0933. The van der Waals surface area contributed by atoms with E-state index in [1.54, 1.807) is 38.2 Å². The summed E-state index contributed by atoms with van der Waals surface area (Å²) >= 11 is 1.31. The van der Waals surface area contributed by atoms with E-state index in [1.807, 2.05) is 30.3 Å². The van der Waals surface area contributed by atoms with Gasteiger partial charge in [-0.15, -0.1) is 0 Å². The fourth-order valence-electron chi connectivity index (χ4n) is 4.78. The summed E-state index contributed by atoms with van der Waals surface area (Å²) < 4.78 is 44.8. The van der Waals surface area contributed by atoms with Crippen LogP contribution in [0.1, 0.15) is 22.8 Å². The van der Waals surface area contributed by atoms with E-state index in [0.29, 0.717) is 27.7 Å². The van der Waals surface area contributed by atoms with Crippen LogP contribution >= 0.6 is 11.3 Å². The second kappa shape index (κ2) is 13.0. The third kappa shape index (κ3) is 6.28. The summed E-state index contributed by atoms with van der Waals surface area (Å²) in [6.45, 7) is 3.00. The Labute approximate surface area is 254 Å². The van der Waals surface area contributed by atoms with Gasteiger partial charge in [0.1, 0.15) is 21.7 Å². The highest BCUT2D eigenvalue weighted by molar-refractivity contribution is 7.89. The normalized spacial score (nSPS) is 14.0. The van der Waals surface area contributed by atoms with E-state index in [1.165, 1.54) is 44.8 Å². The number of amides is 2. The van der Waals surface area contributed by atoms with Crippen LogP contribution in [0.4, 0.5) is 9.93 Å². The number of rotatable bonds is 9. The maximum atomic E-state index is 14.0. The van der Waals surface area contributed by atoms with Crippen LogP contribution in [0, 0.1) is 0 Å². The van der Waals surface area contributed by atoms with Gasteiger partial charge in [0, 0.05) is 31.7 Å². The Morgan fingerprint density at radius 2 is 1.56 bits per heavy atom. The SMILES string of the molecule is CCOC(=O)N1CCN(S(=O)(=O)c2ccc(C(=O)N(Cc3ccccc3)c3nc4c(OC)ccc(OC)c4s3)cc2)CC1. The highest BCUT2D eigenvalue weighted by Gasteiger charge is 2.31. The first kappa shape index (κ1) is 30.3. The van der Waals surface area contributed by atoms with Crippen LogP contribution in [0.15, 0.2) is 71.6 Å². The number of carbonyl (C=O) groups excluding carboxylic acids is 2. The molecule has 0 bridgehead atoms. The number of hydrogen-bond donors (Lipinski definition) is 0. The van der Waals surface area contributed by atoms with Gasteiger partial charge in [-0.3, -0.25) is 9.69 Å². The molecule has 0 atom stereocenters. The molecule has 11 nitrogen and oxygen atoms in total.